The van der Waals surface area contributed by atoms with E-state index in [0.717, 1.165) is 40.2 Å². The average molecular weight is 360 g/mol. The number of ether oxygens (including phenoxy) is 1. The van der Waals surface area contributed by atoms with Crippen LogP contribution < -0.4 is 4.74 Å². The van der Waals surface area contributed by atoms with Crippen molar-refractivity contribution in [2.24, 2.45) is 0 Å². The number of carbonyl (C=O) groups is 1. The highest BCUT2D eigenvalue weighted by molar-refractivity contribution is 5.84. The van der Waals surface area contributed by atoms with E-state index in [-0.39, 0.29) is 11.7 Å². The molecule has 0 bridgehead atoms. The molecule has 1 heterocycles. The van der Waals surface area contributed by atoms with Gasteiger partial charge in [-0.25, -0.2) is 4.68 Å². The summed E-state index contributed by atoms with van der Waals surface area (Å²) in [6.45, 7) is 4.18. The number of Topliss-reactive ketones (excluding diaryl/α,β-unsaturated/α-hetero) is 1. The van der Waals surface area contributed by atoms with E-state index in [4.69, 9.17) is 4.74 Å². The van der Waals surface area contributed by atoms with Gasteiger partial charge in [0.2, 0.25) is 0 Å². The number of hydrogen-bond acceptors (Lipinski definition) is 3. The van der Waals surface area contributed by atoms with E-state index in [1.165, 1.54) is 5.56 Å². The van der Waals surface area contributed by atoms with E-state index in [9.17, 15) is 4.79 Å². The number of methoxy groups -OCH3 is 1. The smallest absolute Gasteiger partial charge is 0.139 e. The summed E-state index contributed by atoms with van der Waals surface area (Å²) in [5.41, 5.74) is 6.68. The molecule has 4 heteroatoms. The fourth-order valence-corrected chi connectivity index (χ4v) is 3.96. The van der Waals surface area contributed by atoms with Crippen molar-refractivity contribution >= 4 is 5.78 Å². The van der Waals surface area contributed by atoms with Gasteiger partial charge in [-0.15, -0.1) is 0 Å². The van der Waals surface area contributed by atoms with Gasteiger partial charge in [0.25, 0.3) is 0 Å². The summed E-state index contributed by atoms with van der Waals surface area (Å²) in [6, 6.07) is 14.6. The molecule has 0 saturated carbocycles. The van der Waals surface area contributed by atoms with Crippen molar-refractivity contribution < 1.29 is 9.53 Å². The molecule has 0 fully saturated rings. The minimum Gasteiger partial charge on any atom is -0.496 e. The van der Waals surface area contributed by atoms with Crippen LogP contribution in [0.25, 0.3) is 5.69 Å². The Bertz CT molecular complexity index is 986. The highest BCUT2D eigenvalue weighted by Crippen LogP contribution is 2.37. The molecule has 4 rings (SSSR count). The van der Waals surface area contributed by atoms with Crippen molar-refractivity contribution in [3.63, 3.8) is 0 Å². The Labute approximate surface area is 159 Å². The van der Waals surface area contributed by atoms with Crippen molar-refractivity contribution in [2.75, 3.05) is 7.11 Å². The molecular formula is C23H24N2O2. The molecule has 4 nitrogen and oxygen atoms in total. The van der Waals surface area contributed by atoms with E-state index >= 15 is 0 Å². The lowest BCUT2D eigenvalue weighted by Gasteiger charge is -2.23. The molecule has 0 N–H and O–H groups in total. The Morgan fingerprint density at radius 3 is 2.63 bits per heavy atom. The molecule has 27 heavy (non-hydrogen) atoms. The average Bonchev–Trinajstić information content (AvgIpc) is 3.11. The molecule has 1 aromatic heterocycles. The van der Waals surface area contributed by atoms with Gasteiger partial charge >= 0.3 is 0 Å². The summed E-state index contributed by atoms with van der Waals surface area (Å²) in [5.74, 6) is 1.18. The predicted octanol–water partition coefficient (Wildman–Crippen LogP) is 4.40. The van der Waals surface area contributed by atoms with E-state index in [2.05, 4.69) is 48.4 Å². The molecule has 2 aromatic carbocycles. The van der Waals surface area contributed by atoms with Gasteiger partial charge in [-0.1, -0.05) is 31.2 Å². The van der Waals surface area contributed by atoms with Crippen molar-refractivity contribution in [1.29, 1.82) is 0 Å². The molecule has 1 aliphatic rings. The summed E-state index contributed by atoms with van der Waals surface area (Å²) in [5, 5.41) is 4.63. The maximum atomic E-state index is 12.5. The lowest BCUT2D eigenvalue weighted by Crippen LogP contribution is -2.20. The predicted molar refractivity (Wildman–Crippen MR) is 106 cm³/mol. The first-order valence-corrected chi connectivity index (χ1v) is 9.43. The number of benzene rings is 2. The number of carbonyl (C=O) groups excluding carboxylic acids is 1. The third-order valence-electron chi connectivity index (χ3n) is 5.48. The van der Waals surface area contributed by atoms with Crippen LogP contribution in [0.2, 0.25) is 0 Å². The van der Waals surface area contributed by atoms with E-state index in [1.54, 1.807) is 7.11 Å². The van der Waals surface area contributed by atoms with E-state index < -0.39 is 0 Å². The highest BCUT2D eigenvalue weighted by Gasteiger charge is 2.30. The van der Waals surface area contributed by atoms with Crippen molar-refractivity contribution in [3.05, 3.63) is 76.6 Å². The molecular weight excluding hydrogens is 336 g/mol. The van der Waals surface area contributed by atoms with Crippen LogP contribution in [-0.4, -0.2) is 22.7 Å². The largest absolute Gasteiger partial charge is 0.496 e. The van der Waals surface area contributed by atoms with E-state index in [0.29, 0.717) is 12.8 Å². The minimum absolute atomic E-state index is 0.0505. The Kier molecular flexibility index (Phi) is 4.56. The van der Waals surface area contributed by atoms with Crippen molar-refractivity contribution in [3.8, 4) is 11.4 Å². The summed E-state index contributed by atoms with van der Waals surface area (Å²) < 4.78 is 7.30. The molecule has 1 aliphatic carbocycles. The van der Waals surface area contributed by atoms with Gasteiger partial charge in [0.1, 0.15) is 11.5 Å². The second-order valence-electron chi connectivity index (χ2n) is 7.18. The SMILES string of the molecule is CCc1ccc(-n2ncc3c2CC(=O)CC3c2ccc(OC)c(C)c2)cc1. The number of aryl methyl sites for hydroxylation is 2. The van der Waals surface area contributed by atoms with Gasteiger partial charge in [0.05, 0.1) is 24.7 Å². The van der Waals surface area contributed by atoms with Gasteiger partial charge < -0.3 is 4.74 Å². The zero-order chi connectivity index (χ0) is 19.0. The fraction of sp³-hybridized carbons (Fsp3) is 0.304. The Morgan fingerprint density at radius 1 is 1.19 bits per heavy atom. The number of fused-ring (bicyclic) bond motifs is 1. The van der Waals surface area contributed by atoms with Crippen LogP contribution in [-0.2, 0) is 17.6 Å². The standard InChI is InChI=1S/C23H24N2O2/c1-4-16-5-8-18(9-6-16)25-22-13-19(26)12-20(21(22)14-24-25)17-7-10-23(27-3)15(2)11-17/h5-11,14,20H,4,12-13H2,1-3H3. The lowest BCUT2D eigenvalue weighted by molar-refractivity contribution is -0.119. The third kappa shape index (κ3) is 3.16. The Hall–Kier alpha value is -2.88. The van der Waals surface area contributed by atoms with Crippen LogP contribution in [0.5, 0.6) is 5.75 Å². The Morgan fingerprint density at radius 2 is 1.96 bits per heavy atom. The van der Waals surface area contributed by atoms with E-state index in [1.807, 2.05) is 23.9 Å². The first-order chi connectivity index (χ1) is 13.1. The van der Waals surface area contributed by atoms with Gasteiger partial charge in [0, 0.05) is 24.3 Å². The maximum Gasteiger partial charge on any atom is 0.139 e. The monoisotopic (exact) mass is 360 g/mol. The number of ketones is 1. The summed E-state index contributed by atoms with van der Waals surface area (Å²) in [4.78, 5) is 12.5. The minimum atomic E-state index is 0.0505. The lowest BCUT2D eigenvalue weighted by atomic mass is 9.81. The van der Waals surface area contributed by atoms with Crippen LogP contribution in [0.1, 0.15) is 47.2 Å². The molecule has 1 unspecified atom stereocenters. The van der Waals surface area contributed by atoms with Crippen LogP contribution >= 0.6 is 0 Å². The van der Waals surface area contributed by atoms with Crippen molar-refractivity contribution in [1.82, 2.24) is 9.78 Å². The maximum absolute atomic E-state index is 12.5. The number of rotatable bonds is 4. The molecule has 0 saturated heterocycles. The molecule has 1 atom stereocenters. The molecule has 138 valence electrons. The van der Waals surface area contributed by atoms with Crippen LogP contribution in [0.15, 0.2) is 48.7 Å². The second kappa shape index (κ2) is 7.03. The number of nitrogens with zero attached hydrogens (tertiary/aromatic N) is 2. The first kappa shape index (κ1) is 17.5. The number of aromatic nitrogens is 2. The highest BCUT2D eigenvalue weighted by atomic mass is 16.5. The molecule has 0 spiro atoms. The first-order valence-electron chi connectivity index (χ1n) is 9.43. The quantitative estimate of drug-likeness (QED) is 0.693. The topological polar surface area (TPSA) is 44.1 Å². The van der Waals surface area contributed by atoms with Gasteiger partial charge in [-0.2, -0.15) is 5.10 Å². The normalized spacial score (nSPS) is 16.3. The Balaban J connectivity index is 1.76. The van der Waals surface area contributed by atoms with Crippen LogP contribution in [0.4, 0.5) is 0 Å². The van der Waals surface area contributed by atoms with Crippen LogP contribution in [0, 0.1) is 6.92 Å². The number of hydrogen-bond donors (Lipinski definition) is 0. The van der Waals surface area contributed by atoms with Crippen LogP contribution in [0.3, 0.4) is 0 Å². The second-order valence-corrected chi connectivity index (χ2v) is 7.18. The van der Waals surface area contributed by atoms with Gasteiger partial charge in [-0.3, -0.25) is 4.79 Å². The third-order valence-corrected chi connectivity index (χ3v) is 5.48. The summed E-state index contributed by atoms with van der Waals surface area (Å²) >= 11 is 0. The fourth-order valence-electron chi connectivity index (χ4n) is 3.96. The molecule has 3 aromatic rings. The summed E-state index contributed by atoms with van der Waals surface area (Å²) in [6.07, 6.45) is 3.91. The van der Waals surface area contributed by atoms with Crippen molar-refractivity contribution in [2.45, 2.75) is 39.0 Å². The molecule has 0 radical (unpaired) electrons. The molecule has 0 aliphatic heterocycles. The molecule has 0 amide bonds. The van der Waals surface area contributed by atoms with Gasteiger partial charge in [0.15, 0.2) is 0 Å². The zero-order valence-electron chi connectivity index (χ0n) is 16.0. The van der Waals surface area contributed by atoms with Gasteiger partial charge in [-0.05, 0) is 48.2 Å². The summed E-state index contributed by atoms with van der Waals surface area (Å²) in [7, 11) is 1.68. The zero-order valence-corrected chi connectivity index (χ0v) is 16.0.